The van der Waals surface area contributed by atoms with E-state index in [1.165, 1.54) is 11.0 Å². The fraction of sp³-hybridized carbons (Fsp3) is 0.633. The van der Waals surface area contributed by atoms with Gasteiger partial charge in [0.1, 0.15) is 5.82 Å². The number of carbonyl (C=O) groups is 3. The number of hydrogen-bond donors (Lipinski definition) is 2. The molecule has 0 bridgehead atoms. The first-order valence-electron chi connectivity index (χ1n) is 14.5. The summed E-state index contributed by atoms with van der Waals surface area (Å²) in [6, 6.07) is 4.08. The lowest BCUT2D eigenvalue weighted by Gasteiger charge is -2.42. The average molecular weight is 589 g/mol. The SMILES string of the molecule is COCCCCc1c(C(=O)N(CC(C)C)[C@H]2C[C@@H](C(=O)NC(C)(C)C)CN(C(=O)O)C2)nnn1-c1ccc(F)c(C)c1. The van der Waals surface area contributed by atoms with Crippen LogP contribution in [0, 0.1) is 24.6 Å². The third kappa shape index (κ3) is 8.50. The van der Waals surface area contributed by atoms with Gasteiger partial charge >= 0.3 is 6.09 Å². The number of rotatable bonds is 11. The smallest absolute Gasteiger partial charge is 0.407 e. The van der Waals surface area contributed by atoms with E-state index in [0.717, 1.165) is 6.42 Å². The van der Waals surface area contributed by atoms with Gasteiger partial charge in [-0.1, -0.05) is 19.1 Å². The van der Waals surface area contributed by atoms with E-state index in [2.05, 4.69) is 15.6 Å². The van der Waals surface area contributed by atoms with Crippen LogP contribution in [0.4, 0.5) is 9.18 Å². The molecule has 232 valence electrons. The van der Waals surface area contributed by atoms with Crippen LogP contribution in [0.3, 0.4) is 0 Å². The Kier molecular flexibility index (Phi) is 11.1. The second-order valence-electron chi connectivity index (χ2n) is 12.5. The molecule has 1 aromatic carbocycles. The molecule has 1 fully saturated rings. The van der Waals surface area contributed by atoms with Crippen LogP contribution in [-0.2, 0) is 16.0 Å². The molecule has 2 heterocycles. The summed E-state index contributed by atoms with van der Waals surface area (Å²) < 4.78 is 20.8. The van der Waals surface area contributed by atoms with Crippen LogP contribution in [0.25, 0.3) is 5.69 Å². The van der Waals surface area contributed by atoms with Crippen LogP contribution in [0.2, 0.25) is 0 Å². The number of methoxy groups -OCH3 is 1. The van der Waals surface area contributed by atoms with E-state index in [0.29, 0.717) is 49.4 Å². The van der Waals surface area contributed by atoms with Crippen molar-refractivity contribution in [2.75, 3.05) is 33.4 Å². The lowest BCUT2D eigenvalue weighted by molar-refractivity contribution is -0.128. The first kappa shape index (κ1) is 33.0. The summed E-state index contributed by atoms with van der Waals surface area (Å²) in [6.07, 6.45) is 1.12. The monoisotopic (exact) mass is 588 g/mol. The summed E-state index contributed by atoms with van der Waals surface area (Å²) in [4.78, 5) is 42.4. The predicted molar refractivity (Wildman–Crippen MR) is 156 cm³/mol. The van der Waals surface area contributed by atoms with Gasteiger partial charge in [0.2, 0.25) is 5.91 Å². The van der Waals surface area contributed by atoms with Crippen LogP contribution in [0.1, 0.15) is 75.6 Å². The number of halogens is 1. The molecule has 0 radical (unpaired) electrons. The molecular formula is C30H45FN6O5. The number of aryl methyl sites for hydroxylation is 1. The van der Waals surface area contributed by atoms with E-state index >= 15 is 0 Å². The number of aromatic nitrogens is 3. The summed E-state index contributed by atoms with van der Waals surface area (Å²) in [5.74, 6) is -1.51. The van der Waals surface area contributed by atoms with Crippen LogP contribution < -0.4 is 5.32 Å². The van der Waals surface area contributed by atoms with Gasteiger partial charge in [-0.05, 0) is 83.1 Å². The van der Waals surface area contributed by atoms with Crippen molar-refractivity contribution in [1.29, 1.82) is 0 Å². The number of benzene rings is 1. The highest BCUT2D eigenvalue weighted by atomic mass is 19.1. The Balaban J connectivity index is 2.02. The molecule has 1 aliphatic heterocycles. The van der Waals surface area contributed by atoms with Crippen LogP contribution >= 0.6 is 0 Å². The minimum absolute atomic E-state index is 0.0578. The molecule has 12 heteroatoms. The van der Waals surface area contributed by atoms with Crippen molar-refractivity contribution in [2.24, 2.45) is 11.8 Å². The van der Waals surface area contributed by atoms with Gasteiger partial charge < -0.3 is 25.0 Å². The third-order valence-corrected chi connectivity index (χ3v) is 7.20. The molecule has 2 atom stereocenters. The van der Waals surface area contributed by atoms with Gasteiger partial charge in [-0.15, -0.1) is 5.10 Å². The maximum absolute atomic E-state index is 14.3. The van der Waals surface area contributed by atoms with Crippen LogP contribution in [0.15, 0.2) is 18.2 Å². The number of nitrogens with one attached hydrogen (secondary N) is 1. The average Bonchev–Trinajstić information content (AvgIpc) is 3.33. The topological polar surface area (TPSA) is 130 Å². The van der Waals surface area contributed by atoms with Gasteiger partial charge in [-0.25, -0.2) is 13.9 Å². The Morgan fingerprint density at radius 1 is 1.21 bits per heavy atom. The number of hydrogen-bond acceptors (Lipinski definition) is 6. The Morgan fingerprint density at radius 2 is 1.93 bits per heavy atom. The molecule has 1 aliphatic rings. The van der Waals surface area contributed by atoms with Crippen molar-refractivity contribution in [1.82, 2.24) is 30.1 Å². The second kappa shape index (κ2) is 14.1. The molecule has 0 spiro atoms. The fourth-order valence-electron chi connectivity index (χ4n) is 5.24. The molecule has 1 aromatic heterocycles. The zero-order chi connectivity index (χ0) is 31.2. The van der Waals surface area contributed by atoms with E-state index in [4.69, 9.17) is 4.74 Å². The Morgan fingerprint density at radius 3 is 2.52 bits per heavy atom. The maximum atomic E-state index is 14.3. The number of carbonyl (C=O) groups excluding carboxylic acids is 2. The van der Waals surface area contributed by atoms with Crippen molar-refractivity contribution >= 4 is 17.9 Å². The van der Waals surface area contributed by atoms with Gasteiger partial charge in [0.15, 0.2) is 5.69 Å². The maximum Gasteiger partial charge on any atom is 0.407 e. The van der Waals surface area contributed by atoms with E-state index in [-0.39, 0.29) is 42.3 Å². The Labute approximate surface area is 247 Å². The van der Waals surface area contributed by atoms with Crippen molar-refractivity contribution in [3.8, 4) is 5.69 Å². The first-order valence-corrected chi connectivity index (χ1v) is 14.5. The second-order valence-corrected chi connectivity index (χ2v) is 12.5. The van der Waals surface area contributed by atoms with Gasteiger partial charge in [0.05, 0.1) is 23.3 Å². The summed E-state index contributed by atoms with van der Waals surface area (Å²) in [7, 11) is 1.63. The highest BCUT2D eigenvalue weighted by Crippen LogP contribution is 2.26. The molecule has 0 unspecified atom stereocenters. The molecule has 3 rings (SSSR count). The molecule has 2 N–H and O–H groups in total. The fourth-order valence-corrected chi connectivity index (χ4v) is 5.24. The molecule has 0 aliphatic carbocycles. The van der Waals surface area contributed by atoms with E-state index in [9.17, 15) is 23.9 Å². The number of carboxylic acid groups (broad SMARTS) is 1. The molecule has 0 saturated carbocycles. The summed E-state index contributed by atoms with van der Waals surface area (Å²) in [5, 5.41) is 21.5. The van der Waals surface area contributed by atoms with Crippen molar-refractivity contribution < 1.29 is 28.6 Å². The van der Waals surface area contributed by atoms with Crippen LogP contribution in [-0.4, -0.2) is 92.7 Å². The highest BCUT2D eigenvalue weighted by molar-refractivity contribution is 5.94. The quantitative estimate of drug-likeness (QED) is 0.379. The number of ether oxygens (including phenoxy) is 1. The standard InChI is InChI=1S/C30H45FN6O5/c1-19(2)16-36(23-15-21(17-35(18-23)29(40)41)27(38)32-30(4,5)6)28(39)26-25(10-8-9-13-42-7)37(34-33-26)22-11-12-24(31)20(3)14-22/h11-12,14,19,21,23H,8-10,13,15-18H2,1-7H3,(H,32,38)(H,40,41)/t21-,23+/m1/s1. The number of nitrogens with zero attached hydrogens (tertiary/aromatic N) is 5. The van der Waals surface area contributed by atoms with E-state index < -0.39 is 23.6 Å². The molecule has 3 amide bonds. The Hall–Kier alpha value is -3.54. The summed E-state index contributed by atoms with van der Waals surface area (Å²) in [6.45, 7) is 12.3. The number of piperidine rings is 1. The lowest BCUT2D eigenvalue weighted by atomic mass is 9.91. The van der Waals surface area contributed by atoms with Gasteiger partial charge in [-0.2, -0.15) is 0 Å². The molecule has 2 aromatic rings. The van der Waals surface area contributed by atoms with Crippen LogP contribution in [0.5, 0.6) is 0 Å². The number of amides is 3. The van der Waals surface area contributed by atoms with Crippen molar-refractivity contribution in [3.63, 3.8) is 0 Å². The summed E-state index contributed by atoms with van der Waals surface area (Å²) in [5.41, 5.74) is 1.30. The molecular weight excluding hydrogens is 543 g/mol. The third-order valence-electron chi connectivity index (χ3n) is 7.20. The number of unbranched alkanes of at least 4 members (excludes halogenated alkanes) is 1. The van der Waals surface area contributed by atoms with E-state index in [1.807, 2.05) is 34.6 Å². The van der Waals surface area contributed by atoms with Crippen molar-refractivity contribution in [3.05, 3.63) is 41.0 Å². The minimum atomic E-state index is -1.14. The first-order chi connectivity index (χ1) is 19.7. The number of likely N-dealkylation sites (tertiary alicyclic amines) is 1. The summed E-state index contributed by atoms with van der Waals surface area (Å²) >= 11 is 0. The van der Waals surface area contributed by atoms with E-state index in [1.54, 1.807) is 35.7 Å². The zero-order valence-electron chi connectivity index (χ0n) is 25.8. The van der Waals surface area contributed by atoms with Crippen molar-refractivity contribution in [2.45, 2.75) is 78.8 Å². The largest absolute Gasteiger partial charge is 0.465 e. The highest BCUT2D eigenvalue weighted by Gasteiger charge is 2.40. The van der Waals surface area contributed by atoms with Gasteiger partial charge in [0.25, 0.3) is 5.91 Å². The lowest BCUT2D eigenvalue weighted by Crippen LogP contribution is -2.58. The normalized spacial score (nSPS) is 17.4. The van der Waals surface area contributed by atoms with Gasteiger partial charge in [-0.3, -0.25) is 9.59 Å². The predicted octanol–water partition coefficient (Wildman–Crippen LogP) is 4.07. The van der Waals surface area contributed by atoms with Gasteiger partial charge in [0, 0.05) is 38.9 Å². The Bertz CT molecular complexity index is 1260. The minimum Gasteiger partial charge on any atom is -0.465 e. The molecule has 42 heavy (non-hydrogen) atoms. The molecule has 11 nitrogen and oxygen atoms in total. The zero-order valence-corrected chi connectivity index (χ0v) is 25.8. The molecule has 1 saturated heterocycles.